The van der Waals surface area contributed by atoms with Crippen molar-refractivity contribution in [1.29, 1.82) is 0 Å². The quantitative estimate of drug-likeness (QED) is 0.242. The second-order valence-corrected chi connectivity index (χ2v) is 7.27. The Morgan fingerprint density at radius 2 is 1.59 bits per heavy atom. The van der Waals surface area contributed by atoms with Crippen molar-refractivity contribution in [1.82, 2.24) is 16.0 Å². The number of carboxylic acids is 1. The summed E-state index contributed by atoms with van der Waals surface area (Å²) in [6, 6.07) is -2.93. The van der Waals surface area contributed by atoms with Gasteiger partial charge in [-0.3, -0.25) is 14.4 Å². The Balaban J connectivity index is 5.33. The van der Waals surface area contributed by atoms with Crippen LogP contribution in [0.3, 0.4) is 0 Å². The molecule has 0 saturated heterocycles. The lowest BCUT2D eigenvalue weighted by atomic mass is 9.96. The van der Waals surface area contributed by atoms with Crippen LogP contribution in [-0.4, -0.2) is 59.2 Å². The third kappa shape index (κ3) is 9.09. The van der Waals surface area contributed by atoms with E-state index in [-0.39, 0.29) is 24.1 Å². The van der Waals surface area contributed by atoms with Crippen molar-refractivity contribution < 1.29 is 24.3 Å². The van der Waals surface area contributed by atoms with Crippen molar-refractivity contribution in [2.45, 2.75) is 58.7 Å². The first-order valence-electron chi connectivity index (χ1n) is 9.01. The Labute approximate surface area is 165 Å². The molecule has 156 valence electrons. The van der Waals surface area contributed by atoms with Gasteiger partial charge in [0.05, 0.1) is 6.54 Å². The molecule has 0 aliphatic carbocycles. The van der Waals surface area contributed by atoms with E-state index in [1.54, 1.807) is 6.92 Å². The van der Waals surface area contributed by atoms with E-state index in [2.05, 4.69) is 28.6 Å². The average molecular weight is 405 g/mol. The Hall–Kier alpha value is -1.81. The Morgan fingerprint density at radius 1 is 1.00 bits per heavy atom. The summed E-state index contributed by atoms with van der Waals surface area (Å²) in [4.78, 5) is 48.0. The second kappa shape index (κ2) is 12.6. The lowest BCUT2D eigenvalue weighted by molar-refractivity contribution is -0.142. The Bertz CT molecular complexity index is 529. The molecule has 0 aliphatic heterocycles. The molecule has 9 nitrogen and oxygen atoms in total. The number of aliphatic carboxylic acids is 1. The maximum Gasteiger partial charge on any atom is 0.327 e. The van der Waals surface area contributed by atoms with Crippen molar-refractivity contribution in [2.75, 3.05) is 12.3 Å². The lowest BCUT2D eigenvalue weighted by Gasteiger charge is -2.28. The highest BCUT2D eigenvalue weighted by molar-refractivity contribution is 7.80. The number of hydrogen-bond acceptors (Lipinski definition) is 6. The van der Waals surface area contributed by atoms with E-state index >= 15 is 0 Å². The van der Waals surface area contributed by atoms with Crippen LogP contribution in [0.15, 0.2) is 0 Å². The molecule has 0 saturated carbocycles. The van der Waals surface area contributed by atoms with Gasteiger partial charge in [-0.1, -0.05) is 34.1 Å². The number of carbonyl (C=O) groups excluding carboxylic acids is 3. The summed E-state index contributed by atoms with van der Waals surface area (Å²) in [7, 11) is 0. The first-order chi connectivity index (χ1) is 12.6. The van der Waals surface area contributed by atoms with E-state index in [9.17, 15) is 19.2 Å². The fourth-order valence-electron chi connectivity index (χ4n) is 2.36. The number of carboxylic acid groups (broad SMARTS) is 1. The molecule has 0 bridgehead atoms. The van der Waals surface area contributed by atoms with E-state index in [1.165, 1.54) is 0 Å². The summed E-state index contributed by atoms with van der Waals surface area (Å²) >= 11 is 3.92. The van der Waals surface area contributed by atoms with Crippen molar-refractivity contribution in [3.8, 4) is 0 Å². The van der Waals surface area contributed by atoms with Gasteiger partial charge in [0, 0.05) is 5.75 Å². The number of hydrogen-bond donors (Lipinski definition) is 6. The smallest absolute Gasteiger partial charge is 0.327 e. The summed E-state index contributed by atoms with van der Waals surface area (Å²) in [5.41, 5.74) is 5.30. The highest BCUT2D eigenvalue weighted by atomic mass is 32.1. The molecule has 0 aromatic carbocycles. The predicted octanol–water partition coefficient (Wildman–Crippen LogP) is -0.494. The van der Waals surface area contributed by atoms with Gasteiger partial charge >= 0.3 is 5.97 Å². The molecule has 0 aromatic rings. The Kier molecular flexibility index (Phi) is 11.7. The van der Waals surface area contributed by atoms with E-state index in [1.807, 2.05) is 20.8 Å². The molecule has 0 spiro atoms. The first kappa shape index (κ1) is 25.2. The number of amides is 3. The van der Waals surface area contributed by atoms with Crippen LogP contribution in [0, 0.1) is 11.8 Å². The molecule has 4 unspecified atom stereocenters. The lowest BCUT2D eigenvalue weighted by Crippen LogP contribution is -2.58. The van der Waals surface area contributed by atoms with Crippen molar-refractivity contribution >= 4 is 36.3 Å². The van der Waals surface area contributed by atoms with Gasteiger partial charge in [-0.25, -0.2) is 4.79 Å². The first-order valence-corrected chi connectivity index (χ1v) is 9.64. The molecule has 6 N–H and O–H groups in total. The molecule has 4 atom stereocenters. The molecule has 0 radical (unpaired) electrons. The third-order valence-electron chi connectivity index (χ3n) is 4.13. The maximum absolute atomic E-state index is 12.7. The largest absolute Gasteiger partial charge is 0.480 e. The molecule has 0 fully saturated rings. The van der Waals surface area contributed by atoms with Gasteiger partial charge < -0.3 is 26.8 Å². The molecule has 10 heteroatoms. The fraction of sp³-hybridized carbons (Fsp3) is 0.765. The number of carbonyl (C=O) groups is 4. The van der Waals surface area contributed by atoms with Gasteiger partial charge in [0.1, 0.15) is 18.1 Å². The zero-order valence-electron chi connectivity index (χ0n) is 16.3. The summed E-state index contributed by atoms with van der Waals surface area (Å²) in [6.07, 6.45) is 0.960. The van der Waals surface area contributed by atoms with Crippen LogP contribution in [0.5, 0.6) is 0 Å². The van der Waals surface area contributed by atoms with E-state index in [4.69, 9.17) is 10.8 Å². The van der Waals surface area contributed by atoms with Crippen LogP contribution in [0.25, 0.3) is 0 Å². The zero-order chi connectivity index (χ0) is 21.1. The van der Waals surface area contributed by atoms with E-state index in [0.29, 0.717) is 12.8 Å². The summed E-state index contributed by atoms with van der Waals surface area (Å²) in [5.74, 6) is -2.99. The second-order valence-electron chi connectivity index (χ2n) is 6.91. The van der Waals surface area contributed by atoms with Gasteiger partial charge in [0.15, 0.2) is 0 Å². The molecule has 0 aliphatic rings. The van der Waals surface area contributed by atoms with Crippen molar-refractivity contribution in [3.63, 3.8) is 0 Å². The third-order valence-corrected chi connectivity index (χ3v) is 4.50. The van der Waals surface area contributed by atoms with E-state index in [0.717, 1.165) is 0 Å². The predicted molar refractivity (Wildman–Crippen MR) is 105 cm³/mol. The molecule has 0 heterocycles. The molecule has 0 rings (SSSR count). The number of thiol groups is 1. The van der Waals surface area contributed by atoms with Gasteiger partial charge in [-0.05, 0) is 18.3 Å². The van der Waals surface area contributed by atoms with Gasteiger partial charge in [0.2, 0.25) is 17.7 Å². The maximum atomic E-state index is 12.7. The minimum atomic E-state index is -1.21. The number of rotatable bonds is 12. The number of nitrogens with one attached hydrogen (secondary N) is 3. The molecular weight excluding hydrogens is 372 g/mol. The van der Waals surface area contributed by atoms with E-state index < -0.39 is 41.8 Å². The Morgan fingerprint density at radius 3 is 2.00 bits per heavy atom. The van der Waals surface area contributed by atoms with Crippen LogP contribution in [0.4, 0.5) is 0 Å². The van der Waals surface area contributed by atoms with Crippen LogP contribution < -0.4 is 21.7 Å². The molecule has 3 amide bonds. The minimum Gasteiger partial charge on any atom is -0.480 e. The van der Waals surface area contributed by atoms with Crippen LogP contribution in [0.2, 0.25) is 0 Å². The SMILES string of the molecule is CCC(C)C(NC(=O)C(CC(C)C)NC(=O)CN)C(=O)NC(CS)C(=O)O. The zero-order valence-corrected chi connectivity index (χ0v) is 17.2. The van der Waals surface area contributed by atoms with Crippen molar-refractivity contribution in [2.24, 2.45) is 17.6 Å². The fourth-order valence-corrected chi connectivity index (χ4v) is 2.61. The highest BCUT2D eigenvalue weighted by Gasteiger charge is 2.32. The van der Waals surface area contributed by atoms with Gasteiger partial charge in [-0.2, -0.15) is 12.6 Å². The van der Waals surface area contributed by atoms with Crippen LogP contribution in [0.1, 0.15) is 40.5 Å². The normalized spacial score (nSPS) is 15.4. The van der Waals surface area contributed by atoms with Gasteiger partial charge in [-0.15, -0.1) is 0 Å². The standard InChI is InChI=1S/C17H32N4O5S/c1-5-10(4)14(16(24)20-12(8-27)17(25)26)21-15(23)11(6-9(2)3)19-13(22)7-18/h9-12,14,27H,5-8,18H2,1-4H3,(H,19,22)(H,20,24)(H,21,23)(H,25,26). The molecule has 27 heavy (non-hydrogen) atoms. The van der Waals surface area contributed by atoms with Crippen molar-refractivity contribution in [3.05, 3.63) is 0 Å². The topological polar surface area (TPSA) is 151 Å². The monoisotopic (exact) mass is 404 g/mol. The van der Waals surface area contributed by atoms with Crippen LogP contribution in [-0.2, 0) is 19.2 Å². The highest BCUT2D eigenvalue weighted by Crippen LogP contribution is 2.11. The summed E-state index contributed by atoms with van der Waals surface area (Å²) < 4.78 is 0. The minimum absolute atomic E-state index is 0.0786. The molecule has 0 aromatic heterocycles. The molecular formula is C17H32N4O5S. The summed E-state index contributed by atoms with van der Waals surface area (Å²) in [5, 5.41) is 16.7. The van der Waals surface area contributed by atoms with Crippen LogP contribution >= 0.6 is 12.6 Å². The van der Waals surface area contributed by atoms with Gasteiger partial charge in [0.25, 0.3) is 0 Å². The number of nitrogens with two attached hydrogens (primary N) is 1. The summed E-state index contributed by atoms with van der Waals surface area (Å²) in [6.45, 7) is 7.18. The average Bonchev–Trinajstić information content (AvgIpc) is 2.61.